The average Bonchev–Trinajstić information content (AvgIpc) is 2.39. The summed E-state index contributed by atoms with van der Waals surface area (Å²) in [5, 5.41) is 18.6. The summed E-state index contributed by atoms with van der Waals surface area (Å²) >= 11 is 1.05. The van der Waals surface area contributed by atoms with E-state index >= 15 is 0 Å². The number of aromatic nitrogens is 1. The Hall–Kier alpha value is -2.39. The molecule has 0 radical (unpaired) electrons. The average molecular weight is 302 g/mol. The van der Waals surface area contributed by atoms with Crippen LogP contribution in [0.5, 0.6) is 0 Å². The van der Waals surface area contributed by atoms with Gasteiger partial charge in [-0.15, -0.1) is 0 Å². The molecule has 2 rings (SSSR count). The lowest BCUT2D eigenvalue weighted by Gasteiger charge is -2.10. The van der Waals surface area contributed by atoms with E-state index in [0.717, 1.165) is 17.8 Å². The molecule has 1 aromatic carbocycles. The van der Waals surface area contributed by atoms with Gasteiger partial charge < -0.3 is 5.11 Å². The molecule has 21 heavy (non-hydrogen) atoms. The molecule has 1 N–H and O–H groups in total. The molecular formula is C15H11FN2O2S. The van der Waals surface area contributed by atoms with Crippen molar-refractivity contribution in [3.05, 3.63) is 52.5 Å². The van der Waals surface area contributed by atoms with Crippen molar-refractivity contribution in [3.63, 3.8) is 0 Å². The van der Waals surface area contributed by atoms with Crippen molar-refractivity contribution in [3.8, 4) is 6.07 Å². The largest absolute Gasteiger partial charge is 0.478 e. The van der Waals surface area contributed by atoms with Gasteiger partial charge in [0, 0.05) is 10.6 Å². The minimum absolute atomic E-state index is 0.0961. The van der Waals surface area contributed by atoms with Gasteiger partial charge in [0.1, 0.15) is 16.9 Å². The van der Waals surface area contributed by atoms with E-state index in [0.29, 0.717) is 21.2 Å². The quantitative estimate of drug-likeness (QED) is 0.938. The smallest absolute Gasteiger partial charge is 0.338 e. The normalized spacial score (nSPS) is 10.2. The molecule has 1 heterocycles. The van der Waals surface area contributed by atoms with E-state index in [1.54, 1.807) is 19.9 Å². The van der Waals surface area contributed by atoms with Crippen LogP contribution in [0.15, 0.2) is 34.2 Å². The van der Waals surface area contributed by atoms with Gasteiger partial charge in [-0.05, 0) is 43.7 Å². The Morgan fingerprint density at radius 2 is 2.10 bits per heavy atom. The molecule has 0 atom stereocenters. The maximum Gasteiger partial charge on any atom is 0.338 e. The van der Waals surface area contributed by atoms with E-state index in [9.17, 15) is 14.3 Å². The maximum atomic E-state index is 13.1. The molecule has 0 unspecified atom stereocenters. The van der Waals surface area contributed by atoms with Crippen LogP contribution >= 0.6 is 11.8 Å². The molecule has 2 aromatic rings. The molecule has 0 spiro atoms. The lowest BCUT2D eigenvalue weighted by Crippen LogP contribution is -2.05. The van der Waals surface area contributed by atoms with Crippen LogP contribution in [0.1, 0.15) is 27.2 Å². The van der Waals surface area contributed by atoms with E-state index in [2.05, 4.69) is 4.98 Å². The Labute approximate surface area is 125 Å². The van der Waals surface area contributed by atoms with Crippen molar-refractivity contribution < 1.29 is 14.3 Å². The van der Waals surface area contributed by atoms with Crippen molar-refractivity contribution >= 4 is 17.7 Å². The van der Waals surface area contributed by atoms with E-state index in [1.807, 2.05) is 6.07 Å². The zero-order valence-electron chi connectivity index (χ0n) is 11.3. The van der Waals surface area contributed by atoms with Crippen molar-refractivity contribution in [2.45, 2.75) is 23.8 Å². The highest BCUT2D eigenvalue weighted by Crippen LogP contribution is 2.33. The predicted octanol–water partition coefficient (Wildman–Crippen LogP) is 3.56. The first kappa shape index (κ1) is 15.0. The fourth-order valence-corrected chi connectivity index (χ4v) is 3.02. The fourth-order valence-electron chi connectivity index (χ4n) is 1.92. The summed E-state index contributed by atoms with van der Waals surface area (Å²) in [5.41, 5.74) is 1.52. The number of carboxylic acid groups (broad SMARTS) is 1. The molecule has 106 valence electrons. The standard InChI is InChI=1S/C15H11FN2O2S/c1-8-5-9(2)18-14(13(8)15(19)20)21-12-4-3-11(16)6-10(12)7-17/h3-6H,1-2H3,(H,19,20). The number of pyridine rings is 1. The highest BCUT2D eigenvalue weighted by Gasteiger charge is 2.18. The first-order chi connectivity index (χ1) is 9.92. The van der Waals surface area contributed by atoms with Crippen molar-refractivity contribution in [1.82, 2.24) is 4.98 Å². The summed E-state index contributed by atoms with van der Waals surface area (Å²) in [6.45, 7) is 3.45. The Bertz CT molecular complexity index is 769. The lowest BCUT2D eigenvalue weighted by atomic mass is 10.1. The summed E-state index contributed by atoms with van der Waals surface area (Å²) in [4.78, 5) is 16.1. The second-order valence-electron chi connectivity index (χ2n) is 4.42. The number of carbonyl (C=O) groups is 1. The minimum atomic E-state index is -1.08. The molecule has 0 amide bonds. The first-order valence-electron chi connectivity index (χ1n) is 6.01. The number of nitrogens with zero attached hydrogens (tertiary/aromatic N) is 2. The molecule has 0 aliphatic heterocycles. The SMILES string of the molecule is Cc1cc(C)c(C(=O)O)c(Sc2ccc(F)cc2C#N)n1. The van der Waals surface area contributed by atoms with Gasteiger partial charge in [0.25, 0.3) is 0 Å². The Morgan fingerprint density at radius 3 is 2.71 bits per heavy atom. The van der Waals surface area contributed by atoms with E-state index in [-0.39, 0.29) is 11.1 Å². The third kappa shape index (κ3) is 3.20. The van der Waals surface area contributed by atoms with Gasteiger partial charge in [-0.1, -0.05) is 11.8 Å². The van der Waals surface area contributed by atoms with Gasteiger partial charge in [0.2, 0.25) is 0 Å². The number of benzene rings is 1. The molecule has 6 heteroatoms. The highest BCUT2D eigenvalue weighted by atomic mass is 32.2. The third-order valence-electron chi connectivity index (χ3n) is 2.79. The molecule has 0 saturated carbocycles. The minimum Gasteiger partial charge on any atom is -0.478 e. The molecule has 0 fully saturated rings. The fraction of sp³-hybridized carbons (Fsp3) is 0.133. The Kier molecular flexibility index (Phi) is 4.24. The number of rotatable bonds is 3. The Morgan fingerprint density at radius 1 is 1.38 bits per heavy atom. The van der Waals surface area contributed by atoms with Crippen LogP contribution < -0.4 is 0 Å². The van der Waals surface area contributed by atoms with Crippen molar-refractivity contribution in [2.75, 3.05) is 0 Å². The second kappa shape index (κ2) is 5.94. The number of hydrogen-bond acceptors (Lipinski definition) is 4. The lowest BCUT2D eigenvalue weighted by molar-refractivity contribution is 0.0691. The summed E-state index contributed by atoms with van der Waals surface area (Å²) in [6.07, 6.45) is 0. The van der Waals surface area contributed by atoms with Crippen LogP contribution in [-0.2, 0) is 0 Å². The third-order valence-corrected chi connectivity index (χ3v) is 3.86. The van der Waals surface area contributed by atoms with Gasteiger partial charge >= 0.3 is 5.97 Å². The van der Waals surface area contributed by atoms with E-state index in [4.69, 9.17) is 5.26 Å². The van der Waals surface area contributed by atoms with Crippen LogP contribution in [-0.4, -0.2) is 16.1 Å². The summed E-state index contributed by atoms with van der Waals surface area (Å²) in [7, 11) is 0. The molecule has 0 saturated heterocycles. The van der Waals surface area contributed by atoms with Gasteiger partial charge in [-0.2, -0.15) is 5.26 Å². The number of aryl methyl sites for hydroxylation is 2. The van der Waals surface area contributed by atoms with Gasteiger partial charge in [-0.3, -0.25) is 0 Å². The molecule has 1 aromatic heterocycles. The van der Waals surface area contributed by atoms with Crippen LogP contribution in [0.3, 0.4) is 0 Å². The molecule has 0 aliphatic carbocycles. The number of nitriles is 1. The summed E-state index contributed by atoms with van der Waals surface area (Å²) in [5.74, 6) is -1.59. The number of halogens is 1. The molecule has 4 nitrogen and oxygen atoms in total. The van der Waals surface area contributed by atoms with Crippen molar-refractivity contribution in [2.24, 2.45) is 0 Å². The second-order valence-corrected chi connectivity index (χ2v) is 5.45. The topological polar surface area (TPSA) is 74.0 Å². The molecule has 0 aliphatic rings. The van der Waals surface area contributed by atoms with Gasteiger partial charge in [0.05, 0.1) is 11.1 Å². The maximum absolute atomic E-state index is 13.1. The van der Waals surface area contributed by atoms with Crippen LogP contribution in [0, 0.1) is 31.0 Å². The Balaban J connectivity index is 2.54. The number of aromatic carboxylic acids is 1. The molecule has 0 bridgehead atoms. The van der Waals surface area contributed by atoms with E-state index in [1.165, 1.54) is 12.1 Å². The zero-order chi connectivity index (χ0) is 15.6. The first-order valence-corrected chi connectivity index (χ1v) is 6.83. The van der Waals surface area contributed by atoms with Crippen LogP contribution in [0.2, 0.25) is 0 Å². The zero-order valence-corrected chi connectivity index (χ0v) is 12.2. The summed E-state index contributed by atoms with van der Waals surface area (Å²) < 4.78 is 13.1. The summed E-state index contributed by atoms with van der Waals surface area (Å²) in [6, 6.07) is 7.38. The van der Waals surface area contributed by atoms with Gasteiger partial charge in [0.15, 0.2) is 0 Å². The monoisotopic (exact) mass is 302 g/mol. The predicted molar refractivity (Wildman–Crippen MR) is 75.9 cm³/mol. The van der Waals surface area contributed by atoms with Crippen LogP contribution in [0.25, 0.3) is 0 Å². The van der Waals surface area contributed by atoms with Crippen LogP contribution in [0.4, 0.5) is 4.39 Å². The van der Waals surface area contributed by atoms with E-state index < -0.39 is 11.8 Å². The number of carboxylic acids is 1. The number of hydrogen-bond donors (Lipinski definition) is 1. The molecular weight excluding hydrogens is 291 g/mol. The highest BCUT2D eigenvalue weighted by molar-refractivity contribution is 7.99. The van der Waals surface area contributed by atoms with Gasteiger partial charge in [-0.25, -0.2) is 14.2 Å². The van der Waals surface area contributed by atoms with Crippen molar-refractivity contribution in [1.29, 1.82) is 5.26 Å².